The number of nitrogens with zero attached hydrogens (tertiary/aromatic N) is 6. The van der Waals surface area contributed by atoms with Crippen LogP contribution in [0.4, 0.5) is 0 Å². The molecule has 5 aromatic rings. The Bertz CT molecular complexity index is 1550. The first-order valence-corrected chi connectivity index (χ1v) is 12.9. The van der Waals surface area contributed by atoms with Crippen LogP contribution in [0.15, 0.2) is 71.9 Å². The number of para-hydroxylation sites is 1. The lowest BCUT2D eigenvalue weighted by atomic mass is 10.0. The van der Waals surface area contributed by atoms with Gasteiger partial charge in [0.1, 0.15) is 5.75 Å². The monoisotopic (exact) mass is 509 g/mol. The fraction of sp³-hybridized carbons (Fsp3) is 0.276. The Morgan fingerprint density at radius 1 is 1.03 bits per heavy atom. The predicted molar refractivity (Wildman–Crippen MR) is 147 cm³/mol. The number of hydrogen-bond donors (Lipinski definition) is 1. The number of hydrogen-bond acceptors (Lipinski definition) is 6. The molecule has 0 spiro atoms. The van der Waals surface area contributed by atoms with Crippen molar-refractivity contribution < 1.29 is 4.74 Å². The fourth-order valence-corrected chi connectivity index (χ4v) is 4.77. The SMILES string of the molecule is CCCCc1cn(-c2c(CC)cccc2OC)c(=O)n1Cc1ccc(-c2cnccc2-c2nn[nH]n2)cc1. The van der Waals surface area contributed by atoms with Gasteiger partial charge in [0, 0.05) is 35.4 Å². The van der Waals surface area contributed by atoms with Crippen molar-refractivity contribution in [2.45, 2.75) is 46.1 Å². The van der Waals surface area contributed by atoms with Gasteiger partial charge in [0.25, 0.3) is 0 Å². The van der Waals surface area contributed by atoms with E-state index in [9.17, 15) is 4.79 Å². The first kappa shape index (κ1) is 25.1. The van der Waals surface area contributed by atoms with Gasteiger partial charge < -0.3 is 4.74 Å². The highest BCUT2D eigenvalue weighted by atomic mass is 16.5. The number of rotatable bonds is 10. The molecule has 0 atom stereocenters. The normalized spacial score (nSPS) is 11.1. The first-order valence-electron chi connectivity index (χ1n) is 12.9. The summed E-state index contributed by atoms with van der Waals surface area (Å²) < 4.78 is 9.28. The number of ether oxygens (including phenoxy) is 1. The topological polar surface area (TPSA) is 104 Å². The molecular formula is C29H31N7O2. The number of pyridine rings is 1. The summed E-state index contributed by atoms with van der Waals surface area (Å²) in [6.45, 7) is 4.73. The van der Waals surface area contributed by atoms with E-state index in [1.807, 2.05) is 47.2 Å². The van der Waals surface area contributed by atoms with Gasteiger partial charge in [0.2, 0.25) is 5.82 Å². The fourth-order valence-electron chi connectivity index (χ4n) is 4.77. The zero-order valence-electron chi connectivity index (χ0n) is 21.9. The highest BCUT2D eigenvalue weighted by Crippen LogP contribution is 2.30. The van der Waals surface area contributed by atoms with Gasteiger partial charge in [-0.15, -0.1) is 10.2 Å². The molecule has 38 heavy (non-hydrogen) atoms. The van der Waals surface area contributed by atoms with Crippen molar-refractivity contribution in [1.82, 2.24) is 34.7 Å². The minimum atomic E-state index is -0.0639. The molecule has 0 aliphatic heterocycles. The van der Waals surface area contributed by atoms with Gasteiger partial charge in [-0.25, -0.2) is 4.79 Å². The highest BCUT2D eigenvalue weighted by Gasteiger charge is 2.18. The molecule has 2 aromatic carbocycles. The van der Waals surface area contributed by atoms with Crippen LogP contribution in [0, 0.1) is 0 Å². The molecular weight excluding hydrogens is 478 g/mol. The number of imidazole rings is 1. The molecule has 0 bridgehead atoms. The van der Waals surface area contributed by atoms with Crippen LogP contribution in [0.1, 0.15) is 43.5 Å². The molecule has 0 unspecified atom stereocenters. The Kier molecular flexibility index (Phi) is 7.44. The van der Waals surface area contributed by atoms with Crippen molar-refractivity contribution in [3.8, 4) is 34.0 Å². The van der Waals surface area contributed by atoms with Gasteiger partial charge in [0.15, 0.2) is 0 Å². The van der Waals surface area contributed by atoms with E-state index in [1.165, 1.54) is 0 Å². The van der Waals surface area contributed by atoms with E-state index < -0.39 is 0 Å². The van der Waals surface area contributed by atoms with E-state index in [0.29, 0.717) is 18.1 Å². The average molecular weight is 510 g/mol. The average Bonchev–Trinajstić information content (AvgIpc) is 3.61. The molecule has 9 nitrogen and oxygen atoms in total. The van der Waals surface area contributed by atoms with E-state index >= 15 is 0 Å². The van der Waals surface area contributed by atoms with Crippen molar-refractivity contribution in [3.63, 3.8) is 0 Å². The van der Waals surface area contributed by atoms with Crippen LogP contribution in [0.3, 0.4) is 0 Å². The molecule has 0 aliphatic carbocycles. The Morgan fingerprint density at radius 3 is 2.58 bits per heavy atom. The Labute approximate surface area is 221 Å². The number of aromatic nitrogens is 7. The summed E-state index contributed by atoms with van der Waals surface area (Å²) in [5.74, 6) is 1.21. The zero-order valence-corrected chi connectivity index (χ0v) is 21.9. The van der Waals surface area contributed by atoms with Crippen molar-refractivity contribution in [1.29, 1.82) is 0 Å². The second-order valence-electron chi connectivity index (χ2n) is 9.14. The lowest BCUT2D eigenvalue weighted by Crippen LogP contribution is -2.25. The second-order valence-corrected chi connectivity index (χ2v) is 9.14. The number of tetrazole rings is 1. The van der Waals surface area contributed by atoms with Crippen molar-refractivity contribution in [2.75, 3.05) is 7.11 Å². The maximum Gasteiger partial charge on any atom is 0.333 e. The zero-order chi connectivity index (χ0) is 26.5. The number of aryl methyl sites for hydroxylation is 2. The van der Waals surface area contributed by atoms with Gasteiger partial charge in [-0.1, -0.05) is 56.7 Å². The molecule has 9 heteroatoms. The number of H-pyrrole nitrogens is 1. The third kappa shape index (κ3) is 4.87. The third-order valence-corrected chi connectivity index (χ3v) is 6.79. The summed E-state index contributed by atoms with van der Waals surface area (Å²) in [5.41, 5.74) is 6.62. The van der Waals surface area contributed by atoms with E-state index in [-0.39, 0.29) is 5.69 Å². The quantitative estimate of drug-likeness (QED) is 0.289. The Balaban J connectivity index is 1.51. The molecule has 1 N–H and O–H groups in total. The smallest absolute Gasteiger partial charge is 0.333 e. The second kappa shape index (κ2) is 11.2. The summed E-state index contributed by atoms with van der Waals surface area (Å²) in [5, 5.41) is 14.4. The summed E-state index contributed by atoms with van der Waals surface area (Å²) >= 11 is 0. The number of methoxy groups -OCH3 is 1. The molecule has 0 aliphatic rings. The van der Waals surface area contributed by atoms with E-state index in [2.05, 4.69) is 51.6 Å². The first-order chi connectivity index (χ1) is 18.6. The van der Waals surface area contributed by atoms with Crippen LogP contribution in [0.25, 0.3) is 28.2 Å². The molecule has 0 amide bonds. The maximum atomic E-state index is 13.8. The van der Waals surface area contributed by atoms with Gasteiger partial charge >= 0.3 is 5.69 Å². The van der Waals surface area contributed by atoms with Crippen LogP contribution in [-0.2, 0) is 19.4 Å². The molecule has 0 saturated heterocycles. The minimum Gasteiger partial charge on any atom is -0.495 e. The van der Waals surface area contributed by atoms with Crippen LogP contribution in [0.5, 0.6) is 5.75 Å². The lowest BCUT2D eigenvalue weighted by Gasteiger charge is -2.13. The van der Waals surface area contributed by atoms with Crippen molar-refractivity contribution in [2.24, 2.45) is 0 Å². The summed E-state index contributed by atoms with van der Waals surface area (Å²) in [6.07, 6.45) is 9.19. The molecule has 3 aromatic heterocycles. The van der Waals surface area contributed by atoms with Crippen molar-refractivity contribution >= 4 is 0 Å². The van der Waals surface area contributed by atoms with E-state index in [0.717, 1.165) is 64.9 Å². The van der Waals surface area contributed by atoms with Gasteiger partial charge in [-0.3, -0.25) is 14.1 Å². The molecule has 5 rings (SSSR count). The lowest BCUT2D eigenvalue weighted by molar-refractivity contribution is 0.412. The Morgan fingerprint density at radius 2 is 1.87 bits per heavy atom. The third-order valence-electron chi connectivity index (χ3n) is 6.79. The minimum absolute atomic E-state index is 0.0639. The molecule has 194 valence electrons. The molecule has 0 radical (unpaired) electrons. The molecule has 3 heterocycles. The van der Waals surface area contributed by atoms with Crippen LogP contribution in [0.2, 0.25) is 0 Å². The number of aromatic amines is 1. The van der Waals surface area contributed by atoms with Crippen LogP contribution >= 0.6 is 0 Å². The largest absolute Gasteiger partial charge is 0.495 e. The summed E-state index contributed by atoms with van der Waals surface area (Å²) in [6, 6.07) is 16.0. The van der Waals surface area contributed by atoms with Crippen LogP contribution in [-0.4, -0.2) is 41.9 Å². The number of benzene rings is 2. The number of unbranched alkanes of at least 4 members (excludes halogenated alkanes) is 1. The molecule has 0 fully saturated rings. The van der Waals surface area contributed by atoms with E-state index in [1.54, 1.807) is 24.1 Å². The standard InChI is InChI=1S/C29H31N7O2/c1-4-6-9-23-19-36(27-21(5-2)8-7-10-26(27)38-3)29(37)35(23)18-20-11-13-22(14-12-20)25-17-30-16-15-24(25)28-31-33-34-32-28/h7-8,10-17,19H,4-6,9,18H2,1-3H3,(H,31,32,33,34). The van der Waals surface area contributed by atoms with Crippen LogP contribution < -0.4 is 10.4 Å². The molecule has 0 saturated carbocycles. The van der Waals surface area contributed by atoms with Gasteiger partial charge in [-0.05, 0) is 53.3 Å². The van der Waals surface area contributed by atoms with Gasteiger partial charge in [-0.2, -0.15) is 5.21 Å². The van der Waals surface area contributed by atoms with Crippen molar-refractivity contribution in [3.05, 3.63) is 94.4 Å². The summed E-state index contributed by atoms with van der Waals surface area (Å²) in [7, 11) is 1.65. The summed E-state index contributed by atoms with van der Waals surface area (Å²) in [4.78, 5) is 18.1. The highest BCUT2D eigenvalue weighted by molar-refractivity contribution is 5.79. The maximum absolute atomic E-state index is 13.8. The predicted octanol–water partition coefficient (Wildman–Crippen LogP) is 4.84. The van der Waals surface area contributed by atoms with Gasteiger partial charge in [0.05, 0.1) is 19.3 Å². The van der Waals surface area contributed by atoms with E-state index in [4.69, 9.17) is 4.74 Å². The number of nitrogens with one attached hydrogen (secondary N) is 1. The Hall–Kier alpha value is -4.53.